The summed E-state index contributed by atoms with van der Waals surface area (Å²) in [6.45, 7) is 0.606. The van der Waals surface area contributed by atoms with Crippen LogP contribution in [-0.2, 0) is 6.42 Å². The van der Waals surface area contributed by atoms with E-state index in [0.717, 1.165) is 30.2 Å². The highest BCUT2D eigenvalue weighted by atomic mass is 16.3. The van der Waals surface area contributed by atoms with Gasteiger partial charge in [-0.2, -0.15) is 0 Å². The maximum absolute atomic E-state index is 12.5. The Labute approximate surface area is 115 Å². The summed E-state index contributed by atoms with van der Waals surface area (Å²) in [5.41, 5.74) is 1.67. The van der Waals surface area contributed by atoms with Gasteiger partial charge in [0, 0.05) is 24.5 Å². The largest absolute Gasteiger partial charge is 0.507 e. The molecule has 1 aromatic carbocycles. The second-order valence-electron chi connectivity index (χ2n) is 4.79. The number of nitrogens with zero attached hydrogens (tertiary/aromatic N) is 1. The lowest BCUT2D eigenvalue weighted by Crippen LogP contribution is -2.35. The van der Waals surface area contributed by atoms with Gasteiger partial charge < -0.3 is 15.0 Å². The molecule has 1 amide bonds. The molecule has 0 atom stereocenters. The summed E-state index contributed by atoms with van der Waals surface area (Å²) in [5.74, 6) is -0.590. The maximum Gasteiger partial charge on any atom is 0.263 e. The summed E-state index contributed by atoms with van der Waals surface area (Å²) in [6, 6.07) is 8.75. The minimum atomic E-state index is -0.432. The summed E-state index contributed by atoms with van der Waals surface area (Å²) in [5, 5.41) is 9.77. The number of anilines is 1. The van der Waals surface area contributed by atoms with E-state index >= 15 is 0 Å². The van der Waals surface area contributed by atoms with Crippen molar-refractivity contribution in [1.29, 1.82) is 0 Å². The second kappa shape index (κ2) is 4.85. The molecule has 0 fully saturated rings. The molecule has 102 valence electrons. The first-order valence-corrected chi connectivity index (χ1v) is 6.48. The number of benzene rings is 1. The lowest BCUT2D eigenvalue weighted by molar-refractivity contribution is 0.0982. The molecule has 0 aliphatic carbocycles. The zero-order valence-electron chi connectivity index (χ0n) is 10.8. The van der Waals surface area contributed by atoms with Gasteiger partial charge >= 0.3 is 0 Å². The van der Waals surface area contributed by atoms with E-state index in [1.807, 2.05) is 24.3 Å². The molecule has 0 bridgehead atoms. The average molecular weight is 270 g/mol. The summed E-state index contributed by atoms with van der Waals surface area (Å²) >= 11 is 0. The van der Waals surface area contributed by atoms with Crippen LogP contribution in [0.25, 0.3) is 0 Å². The zero-order valence-corrected chi connectivity index (χ0v) is 10.8. The molecule has 1 aliphatic rings. The molecular weight excluding hydrogens is 256 g/mol. The van der Waals surface area contributed by atoms with Gasteiger partial charge in [-0.05, 0) is 24.5 Å². The zero-order chi connectivity index (χ0) is 14.1. The third kappa shape index (κ3) is 2.07. The quantitative estimate of drug-likeness (QED) is 0.828. The van der Waals surface area contributed by atoms with E-state index in [2.05, 4.69) is 4.98 Å². The number of pyridine rings is 1. The van der Waals surface area contributed by atoms with Crippen molar-refractivity contribution >= 4 is 11.6 Å². The Kier molecular flexibility index (Phi) is 3.02. The first-order chi connectivity index (χ1) is 9.66. The Hall–Kier alpha value is -2.56. The molecule has 5 nitrogen and oxygen atoms in total. The lowest BCUT2D eigenvalue weighted by atomic mass is 10.0. The molecule has 0 saturated carbocycles. The van der Waals surface area contributed by atoms with Crippen LogP contribution >= 0.6 is 0 Å². The molecule has 2 N–H and O–H groups in total. The van der Waals surface area contributed by atoms with Crippen molar-refractivity contribution in [3.63, 3.8) is 0 Å². The van der Waals surface area contributed by atoms with Crippen molar-refractivity contribution in [2.75, 3.05) is 11.4 Å². The van der Waals surface area contributed by atoms with Crippen LogP contribution < -0.4 is 10.5 Å². The number of aromatic nitrogens is 1. The number of aromatic amines is 1. The van der Waals surface area contributed by atoms with Crippen molar-refractivity contribution in [1.82, 2.24) is 4.98 Å². The van der Waals surface area contributed by atoms with Gasteiger partial charge in [0.2, 0.25) is 0 Å². The van der Waals surface area contributed by atoms with Crippen LogP contribution in [0.3, 0.4) is 0 Å². The predicted molar refractivity (Wildman–Crippen MR) is 75.2 cm³/mol. The SMILES string of the molecule is O=C(c1c[nH]c(=O)cc1O)N1CCCc2ccccc21. The number of fused-ring (bicyclic) bond motifs is 1. The molecule has 0 unspecified atom stereocenters. The number of amides is 1. The number of aromatic hydroxyl groups is 1. The number of carbonyl (C=O) groups excluding carboxylic acids is 1. The molecule has 2 heterocycles. The fourth-order valence-corrected chi connectivity index (χ4v) is 2.52. The first-order valence-electron chi connectivity index (χ1n) is 6.48. The summed E-state index contributed by atoms with van der Waals surface area (Å²) in [4.78, 5) is 27.7. The topological polar surface area (TPSA) is 73.4 Å². The highest BCUT2D eigenvalue weighted by molar-refractivity contribution is 6.08. The monoisotopic (exact) mass is 270 g/mol. The second-order valence-corrected chi connectivity index (χ2v) is 4.79. The van der Waals surface area contributed by atoms with Gasteiger partial charge in [-0.3, -0.25) is 9.59 Å². The molecule has 5 heteroatoms. The van der Waals surface area contributed by atoms with Crippen LogP contribution in [0, 0.1) is 0 Å². The van der Waals surface area contributed by atoms with E-state index < -0.39 is 5.56 Å². The maximum atomic E-state index is 12.5. The molecule has 3 rings (SSSR count). The van der Waals surface area contributed by atoms with Gasteiger partial charge in [0.05, 0.1) is 5.56 Å². The van der Waals surface area contributed by atoms with E-state index in [0.29, 0.717) is 6.54 Å². The minimum Gasteiger partial charge on any atom is -0.507 e. The van der Waals surface area contributed by atoms with E-state index in [9.17, 15) is 14.7 Å². The van der Waals surface area contributed by atoms with Crippen molar-refractivity contribution in [3.05, 3.63) is 58.0 Å². The minimum absolute atomic E-state index is 0.112. The number of hydrogen-bond donors (Lipinski definition) is 2. The fourth-order valence-electron chi connectivity index (χ4n) is 2.52. The summed E-state index contributed by atoms with van der Waals surface area (Å²) in [7, 11) is 0. The van der Waals surface area contributed by atoms with Crippen LogP contribution in [0.15, 0.2) is 41.3 Å². The molecule has 0 radical (unpaired) electrons. The van der Waals surface area contributed by atoms with Gasteiger partial charge in [-0.1, -0.05) is 18.2 Å². The molecule has 0 saturated heterocycles. The molecule has 1 aliphatic heterocycles. The van der Waals surface area contributed by atoms with Crippen molar-refractivity contribution in [3.8, 4) is 5.75 Å². The number of rotatable bonds is 1. The van der Waals surface area contributed by atoms with Crippen LogP contribution in [-0.4, -0.2) is 22.5 Å². The lowest BCUT2D eigenvalue weighted by Gasteiger charge is -2.29. The van der Waals surface area contributed by atoms with Gasteiger partial charge in [0.25, 0.3) is 11.5 Å². The Morgan fingerprint density at radius 1 is 1.30 bits per heavy atom. The van der Waals surface area contributed by atoms with E-state index in [1.165, 1.54) is 6.20 Å². The van der Waals surface area contributed by atoms with E-state index in [1.54, 1.807) is 4.90 Å². The van der Waals surface area contributed by atoms with Gasteiger partial charge in [-0.15, -0.1) is 0 Å². The Morgan fingerprint density at radius 2 is 2.10 bits per heavy atom. The molecular formula is C15H14N2O3. The fraction of sp³-hybridized carbons (Fsp3) is 0.200. The van der Waals surface area contributed by atoms with Crippen molar-refractivity contribution in [2.45, 2.75) is 12.8 Å². The number of nitrogens with one attached hydrogen (secondary N) is 1. The molecule has 1 aromatic heterocycles. The van der Waals surface area contributed by atoms with Gasteiger partial charge in [0.15, 0.2) is 0 Å². The van der Waals surface area contributed by atoms with Crippen LogP contribution in [0.2, 0.25) is 0 Å². The third-order valence-electron chi connectivity index (χ3n) is 3.49. The number of hydrogen-bond acceptors (Lipinski definition) is 3. The Morgan fingerprint density at radius 3 is 2.90 bits per heavy atom. The van der Waals surface area contributed by atoms with Crippen LogP contribution in [0.4, 0.5) is 5.69 Å². The number of H-pyrrole nitrogens is 1. The molecule has 20 heavy (non-hydrogen) atoms. The summed E-state index contributed by atoms with van der Waals surface area (Å²) < 4.78 is 0. The van der Waals surface area contributed by atoms with E-state index in [-0.39, 0.29) is 17.2 Å². The predicted octanol–water partition coefficient (Wildman–Crippen LogP) is 1.67. The highest BCUT2D eigenvalue weighted by Crippen LogP contribution is 2.29. The van der Waals surface area contributed by atoms with Gasteiger partial charge in [0.1, 0.15) is 5.75 Å². The van der Waals surface area contributed by atoms with Crippen molar-refractivity contribution in [2.24, 2.45) is 0 Å². The third-order valence-corrected chi connectivity index (χ3v) is 3.49. The highest BCUT2D eigenvalue weighted by Gasteiger charge is 2.25. The molecule has 2 aromatic rings. The molecule has 0 spiro atoms. The number of para-hydroxylation sites is 1. The van der Waals surface area contributed by atoms with Crippen molar-refractivity contribution < 1.29 is 9.90 Å². The number of aryl methyl sites for hydroxylation is 1. The normalized spacial score (nSPS) is 13.9. The Balaban J connectivity index is 2.02. The first kappa shape index (κ1) is 12.5. The van der Waals surface area contributed by atoms with Crippen LogP contribution in [0.1, 0.15) is 22.3 Å². The standard InChI is InChI=1S/C15H14N2O3/c18-13-8-14(19)16-9-11(13)15(20)17-7-3-5-10-4-1-2-6-12(10)17/h1-2,4,6,8-9H,3,5,7H2,(H2,16,18,19). The average Bonchev–Trinajstić information content (AvgIpc) is 2.46. The number of carbonyl (C=O) groups is 1. The van der Waals surface area contributed by atoms with Crippen LogP contribution in [0.5, 0.6) is 5.75 Å². The Bertz CT molecular complexity index is 721. The summed E-state index contributed by atoms with van der Waals surface area (Å²) in [6.07, 6.45) is 3.08. The van der Waals surface area contributed by atoms with Gasteiger partial charge in [-0.25, -0.2) is 0 Å². The smallest absolute Gasteiger partial charge is 0.263 e. The van der Waals surface area contributed by atoms with E-state index in [4.69, 9.17) is 0 Å².